The van der Waals surface area contributed by atoms with E-state index in [0.717, 1.165) is 22.3 Å². The second-order valence-corrected chi connectivity index (χ2v) is 10.8. The molecule has 8 nitrogen and oxygen atoms in total. The number of hydrogen-bond donors (Lipinski definition) is 2. The van der Waals surface area contributed by atoms with E-state index < -0.39 is 36.6 Å². The number of aliphatic hydroxyl groups excluding tert-OH is 2. The van der Waals surface area contributed by atoms with Gasteiger partial charge < -0.3 is 29.2 Å². The van der Waals surface area contributed by atoms with Gasteiger partial charge in [-0.15, -0.1) is 0 Å². The van der Waals surface area contributed by atoms with E-state index in [0.29, 0.717) is 6.61 Å². The summed E-state index contributed by atoms with van der Waals surface area (Å²) in [5.41, 5.74) is 3.61. The van der Waals surface area contributed by atoms with Crippen LogP contribution in [0.1, 0.15) is 22.3 Å². The van der Waals surface area contributed by atoms with Gasteiger partial charge in [0.2, 0.25) is 0 Å². The quantitative estimate of drug-likeness (QED) is 0.234. The third kappa shape index (κ3) is 8.75. The Morgan fingerprint density at radius 3 is 1.55 bits per heavy atom. The van der Waals surface area contributed by atoms with Gasteiger partial charge in [-0.05, 0) is 22.3 Å². The molecule has 0 spiro atoms. The molecule has 5 atom stereocenters. The molecule has 0 aliphatic carbocycles. The fourth-order valence-corrected chi connectivity index (χ4v) is 5.26. The van der Waals surface area contributed by atoms with Crippen LogP contribution in [0.5, 0.6) is 0 Å². The first-order valence-corrected chi connectivity index (χ1v) is 14.8. The van der Waals surface area contributed by atoms with Gasteiger partial charge in [-0.3, -0.25) is 4.90 Å². The normalized spacial score (nSPS) is 21.9. The molecule has 0 unspecified atom stereocenters. The van der Waals surface area contributed by atoms with E-state index in [1.54, 1.807) is 0 Å². The summed E-state index contributed by atoms with van der Waals surface area (Å²) in [4.78, 5) is 15.1. The predicted molar refractivity (Wildman–Crippen MR) is 165 cm³/mol. The molecule has 0 bridgehead atoms. The van der Waals surface area contributed by atoms with Crippen LogP contribution < -0.4 is 0 Å². The molecule has 1 amide bonds. The van der Waals surface area contributed by atoms with Crippen molar-refractivity contribution in [3.63, 3.8) is 0 Å². The third-order valence-corrected chi connectivity index (χ3v) is 7.63. The summed E-state index contributed by atoms with van der Waals surface area (Å²) in [6.07, 6.45) is -5.16. The Bertz CT molecular complexity index is 1390. The van der Waals surface area contributed by atoms with Gasteiger partial charge in [0.25, 0.3) is 0 Å². The summed E-state index contributed by atoms with van der Waals surface area (Å²) < 4.78 is 24.7. The average molecular weight is 598 g/mol. The number of likely N-dealkylation sites (tertiary alicyclic amines) is 1. The van der Waals surface area contributed by atoms with E-state index in [1.807, 2.05) is 121 Å². The maximum atomic E-state index is 13.7. The first-order valence-electron chi connectivity index (χ1n) is 14.8. The number of ether oxygens (including phenoxy) is 4. The predicted octanol–water partition coefficient (Wildman–Crippen LogP) is 5.12. The molecule has 0 saturated carbocycles. The molecule has 4 aromatic carbocycles. The van der Waals surface area contributed by atoms with Gasteiger partial charge in [-0.25, -0.2) is 4.79 Å². The molecule has 44 heavy (non-hydrogen) atoms. The number of hydrogen-bond acceptors (Lipinski definition) is 7. The van der Waals surface area contributed by atoms with Gasteiger partial charge in [-0.2, -0.15) is 0 Å². The molecule has 230 valence electrons. The van der Waals surface area contributed by atoms with Crippen LogP contribution in [0.4, 0.5) is 4.79 Å². The highest BCUT2D eigenvalue weighted by Gasteiger charge is 2.47. The van der Waals surface area contributed by atoms with Crippen molar-refractivity contribution >= 4 is 6.09 Å². The fraction of sp³-hybridized carbons (Fsp3) is 0.306. The Kier molecular flexibility index (Phi) is 11.5. The van der Waals surface area contributed by atoms with Crippen LogP contribution in [0, 0.1) is 0 Å². The van der Waals surface area contributed by atoms with Gasteiger partial charge in [0.05, 0.1) is 39.0 Å². The minimum Gasteiger partial charge on any atom is -0.445 e. The zero-order valence-corrected chi connectivity index (χ0v) is 24.6. The van der Waals surface area contributed by atoms with Crippen LogP contribution in [0.2, 0.25) is 0 Å². The first-order chi connectivity index (χ1) is 21.6. The molecule has 8 heteroatoms. The molecule has 1 saturated heterocycles. The Balaban J connectivity index is 1.43. The minimum atomic E-state index is -1.34. The number of rotatable bonds is 12. The van der Waals surface area contributed by atoms with Gasteiger partial charge in [0, 0.05) is 0 Å². The van der Waals surface area contributed by atoms with E-state index in [2.05, 4.69) is 0 Å². The summed E-state index contributed by atoms with van der Waals surface area (Å²) in [5.74, 6) is 0. The van der Waals surface area contributed by atoms with Crippen LogP contribution in [0.25, 0.3) is 0 Å². The van der Waals surface area contributed by atoms with Crippen molar-refractivity contribution in [2.45, 2.75) is 56.9 Å². The highest BCUT2D eigenvalue weighted by molar-refractivity contribution is 5.68. The van der Waals surface area contributed by atoms with Crippen LogP contribution in [-0.2, 0) is 45.4 Å². The van der Waals surface area contributed by atoms with E-state index >= 15 is 0 Å². The standard InChI is InChI=1S/C36H39NO7/c38-32-21-37(36(40)44-25-30-19-11-4-12-20-30)31(26-41-22-27-13-5-1-6-14-27)34(42-23-28-15-7-2-8-16-28)35(33(32)39)43-24-29-17-9-3-10-18-29/h1-20,31-35,38-39H,21-26H2/t31-,32+,33-,34-,35-/m1/s1. The second kappa shape index (κ2) is 16.1. The van der Waals surface area contributed by atoms with E-state index in [9.17, 15) is 15.0 Å². The summed E-state index contributed by atoms with van der Waals surface area (Å²) in [6, 6.07) is 37.6. The second-order valence-electron chi connectivity index (χ2n) is 10.8. The molecule has 1 heterocycles. The number of nitrogens with zero attached hydrogens (tertiary/aromatic N) is 1. The lowest BCUT2D eigenvalue weighted by Gasteiger charge is -2.37. The van der Waals surface area contributed by atoms with Gasteiger partial charge in [-0.1, -0.05) is 121 Å². The molecule has 1 fully saturated rings. The lowest BCUT2D eigenvalue weighted by Crippen LogP contribution is -2.54. The molecule has 1 aliphatic rings. The van der Waals surface area contributed by atoms with Gasteiger partial charge >= 0.3 is 6.09 Å². The minimum absolute atomic E-state index is 0.0515. The molecule has 0 aromatic heterocycles. The third-order valence-electron chi connectivity index (χ3n) is 7.63. The monoisotopic (exact) mass is 597 g/mol. The average Bonchev–Trinajstić information content (AvgIpc) is 3.17. The summed E-state index contributed by atoms with van der Waals surface area (Å²) in [5, 5.41) is 22.6. The lowest BCUT2D eigenvalue weighted by molar-refractivity contribution is -0.160. The van der Waals surface area contributed by atoms with Crippen molar-refractivity contribution in [1.29, 1.82) is 0 Å². The van der Waals surface area contributed by atoms with Crippen LogP contribution in [0.3, 0.4) is 0 Å². The van der Waals surface area contributed by atoms with Crippen molar-refractivity contribution in [2.24, 2.45) is 0 Å². The summed E-state index contributed by atoms with van der Waals surface area (Å²) in [6.45, 7) is 0.592. The SMILES string of the molecule is O=C(OCc1ccccc1)N1C[C@H](O)[C@@H](O)[C@@H](OCc2ccccc2)[C@H](OCc2ccccc2)[C@H]1COCc1ccccc1. The molecule has 0 radical (unpaired) electrons. The highest BCUT2D eigenvalue weighted by atomic mass is 16.6. The van der Waals surface area contributed by atoms with E-state index in [1.165, 1.54) is 4.90 Å². The number of carbonyl (C=O) groups is 1. The van der Waals surface area contributed by atoms with Gasteiger partial charge in [0.1, 0.15) is 31.0 Å². The molecular formula is C36H39NO7. The van der Waals surface area contributed by atoms with Crippen molar-refractivity contribution in [3.8, 4) is 0 Å². The Hall–Kier alpha value is -4.05. The van der Waals surface area contributed by atoms with E-state index in [4.69, 9.17) is 18.9 Å². The molecular weight excluding hydrogens is 558 g/mol. The number of aliphatic hydroxyl groups is 2. The van der Waals surface area contributed by atoms with Crippen molar-refractivity contribution in [2.75, 3.05) is 13.2 Å². The van der Waals surface area contributed by atoms with Crippen molar-refractivity contribution in [1.82, 2.24) is 4.90 Å². The van der Waals surface area contributed by atoms with Crippen molar-refractivity contribution in [3.05, 3.63) is 144 Å². The summed E-state index contributed by atoms with van der Waals surface area (Å²) in [7, 11) is 0. The van der Waals surface area contributed by atoms with Crippen LogP contribution in [0.15, 0.2) is 121 Å². The summed E-state index contributed by atoms with van der Waals surface area (Å²) >= 11 is 0. The molecule has 2 N–H and O–H groups in total. The first kappa shape index (κ1) is 31.4. The van der Waals surface area contributed by atoms with Crippen LogP contribution in [-0.4, -0.2) is 64.8 Å². The number of amides is 1. The fourth-order valence-electron chi connectivity index (χ4n) is 5.26. The lowest BCUT2D eigenvalue weighted by atomic mass is 10.00. The Labute approximate surface area is 258 Å². The van der Waals surface area contributed by atoms with Gasteiger partial charge in [0.15, 0.2) is 0 Å². The zero-order chi connectivity index (χ0) is 30.6. The maximum Gasteiger partial charge on any atom is 0.410 e. The molecule has 4 aromatic rings. The number of carbonyl (C=O) groups excluding carboxylic acids is 1. The van der Waals surface area contributed by atoms with Crippen molar-refractivity contribution < 1.29 is 34.0 Å². The smallest absolute Gasteiger partial charge is 0.410 e. The van der Waals surface area contributed by atoms with E-state index in [-0.39, 0.29) is 33.0 Å². The maximum absolute atomic E-state index is 13.7. The van der Waals surface area contributed by atoms with Crippen LogP contribution >= 0.6 is 0 Å². The highest BCUT2D eigenvalue weighted by Crippen LogP contribution is 2.28. The number of benzene rings is 4. The topological polar surface area (TPSA) is 97.7 Å². The molecule has 5 rings (SSSR count). The Morgan fingerprint density at radius 1 is 0.614 bits per heavy atom. The Morgan fingerprint density at radius 2 is 1.05 bits per heavy atom. The zero-order valence-electron chi connectivity index (χ0n) is 24.6. The molecule has 1 aliphatic heterocycles. The largest absolute Gasteiger partial charge is 0.445 e. The number of β-amino-alcohol motifs (C(OH)–C–C–N with tert-alkyl or cyclic N) is 1.